The van der Waals surface area contributed by atoms with Gasteiger partial charge in [0.25, 0.3) is 0 Å². The van der Waals surface area contributed by atoms with Gasteiger partial charge in [-0.25, -0.2) is 4.79 Å². The van der Waals surface area contributed by atoms with Crippen LogP contribution in [-0.2, 0) is 9.59 Å². The van der Waals surface area contributed by atoms with Gasteiger partial charge >= 0.3 is 6.03 Å². The van der Waals surface area contributed by atoms with Crippen molar-refractivity contribution >= 4 is 29.2 Å². The number of benzene rings is 1. The van der Waals surface area contributed by atoms with Crippen LogP contribution >= 0.6 is 0 Å². The van der Waals surface area contributed by atoms with Crippen molar-refractivity contribution in [2.24, 2.45) is 0 Å². The molecule has 0 unspecified atom stereocenters. The average molecular weight is 358 g/mol. The third kappa shape index (κ3) is 5.34. The molecule has 2 rings (SSSR count). The number of carbonyl (C=O) groups excluding carboxylic acids is 3. The van der Waals surface area contributed by atoms with Crippen molar-refractivity contribution < 1.29 is 14.4 Å². The van der Waals surface area contributed by atoms with Gasteiger partial charge in [0.2, 0.25) is 11.8 Å². The maximum atomic E-state index is 12.5. The molecule has 1 aromatic carbocycles. The molecule has 1 aliphatic rings. The number of hydrogen-bond donors (Lipinski definition) is 3. The highest BCUT2D eigenvalue weighted by Gasteiger charge is 2.33. The molecule has 3 N–H and O–H groups in total. The van der Waals surface area contributed by atoms with Gasteiger partial charge in [-0.1, -0.05) is 13.0 Å². The molecular formula is C19H26N4O3. The molecule has 1 aliphatic heterocycles. The molecule has 26 heavy (non-hydrogen) atoms. The first-order valence-electron chi connectivity index (χ1n) is 8.91. The van der Waals surface area contributed by atoms with E-state index in [1.165, 1.54) is 0 Å². The molecule has 0 saturated carbocycles. The second-order valence-corrected chi connectivity index (χ2v) is 6.19. The molecule has 1 atom stereocenters. The monoisotopic (exact) mass is 358 g/mol. The molecule has 140 valence electrons. The number of amides is 4. The lowest BCUT2D eigenvalue weighted by Crippen LogP contribution is -2.43. The summed E-state index contributed by atoms with van der Waals surface area (Å²) in [5.74, 6) is -0.133. The Hall–Kier alpha value is -2.83. The van der Waals surface area contributed by atoms with Crippen molar-refractivity contribution in [2.75, 3.05) is 23.7 Å². The summed E-state index contributed by atoms with van der Waals surface area (Å²) in [6, 6.07) is 6.12. The minimum atomic E-state index is -0.406. The summed E-state index contributed by atoms with van der Waals surface area (Å²) < 4.78 is 0. The first-order chi connectivity index (χ1) is 12.5. The molecule has 0 spiro atoms. The first kappa shape index (κ1) is 19.5. The van der Waals surface area contributed by atoms with E-state index in [4.69, 9.17) is 0 Å². The Balaban J connectivity index is 1.91. The smallest absolute Gasteiger partial charge is 0.319 e. The number of nitrogens with zero attached hydrogens (tertiary/aromatic N) is 1. The Morgan fingerprint density at radius 1 is 1.19 bits per heavy atom. The van der Waals surface area contributed by atoms with Gasteiger partial charge in [0.15, 0.2) is 0 Å². The van der Waals surface area contributed by atoms with E-state index >= 15 is 0 Å². The summed E-state index contributed by atoms with van der Waals surface area (Å²) >= 11 is 0. The largest absolute Gasteiger partial charge is 0.334 e. The predicted octanol–water partition coefficient (Wildman–Crippen LogP) is 2.72. The summed E-state index contributed by atoms with van der Waals surface area (Å²) in [6.45, 7) is 6.51. The second kappa shape index (κ2) is 9.60. The van der Waals surface area contributed by atoms with Crippen LogP contribution in [0.5, 0.6) is 0 Å². The molecule has 7 heteroatoms. The summed E-state index contributed by atoms with van der Waals surface area (Å²) in [6.07, 6.45) is 4.37. The number of hydrogen-bond acceptors (Lipinski definition) is 3. The maximum absolute atomic E-state index is 12.5. The van der Waals surface area contributed by atoms with E-state index in [1.807, 2.05) is 6.92 Å². The number of carbonyl (C=O) groups is 3. The summed E-state index contributed by atoms with van der Waals surface area (Å²) in [5.41, 5.74) is 1.24. The fourth-order valence-corrected chi connectivity index (χ4v) is 2.90. The quantitative estimate of drug-likeness (QED) is 0.655. The van der Waals surface area contributed by atoms with Gasteiger partial charge in [0, 0.05) is 30.9 Å². The van der Waals surface area contributed by atoms with Crippen LogP contribution in [0.3, 0.4) is 0 Å². The molecule has 1 fully saturated rings. The molecular weight excluding hydrogens is 332 g/mol. The Bertz CT molecular complexity index is 657. The van der Waals surface area contributed by atoms with Crippen LogP contribution < -0.4 is 16.0 Å². The van der Waals surface area contributed by atoms with Crippen LogP contribution in [0.1, 0.15) is 32.6 Å². The van der Waals surface area contributed by atoms with Crippen molar-refractivity contribution in [3.8, 4) is 0 Å². The van der Waals surface area contributed by atoms with E-state index in [1.54, 1.807) is 35.2 Å². The number of anilines is 2. The van der Waals surface area contributed by atoms with Gasteiger partial charge in [0.1, 0.15) is 6.04 Å². The van der Waals surface area contributed by atoms with Gasteiger partial charge in [-0.2, -0.15) is 0 Å². The highest BCUT2D eigenvalue weighted by Crippen LogP contribution is 2.21. The van der Waals surface area contributed by atoms with Crippen LogP contribution in [0, 0.1) is 0 Å². The number of nitrogens with one attached hydrogen (secondary N) is 3. The first-order valence-corrected chi connectivity index (χ1v) is 8.91. The van der Waals surface area contributed by atoms with Crippen molar-refractivity contribution in [2.45, 2.75) is 38.6 Å². The lowest BCUT2D eigenvalue weighted by atomic mass is 10.2. The molecule has 0 radical (unpaired) electrons. The highest BCUT2D eigenvalue weighted by atomic mass is 16.2. The molecule has 0 aliphatic carbocycles. The van der Waals surface area contributed by atoms with Crippen LogP contribution in [0.25, 0.3) is 0 Å². The lowest BCUT2D eigenvalue weighted by Gasteiger charge is -2.24. The minimum Gasteiger partial charge on any atom is -0.334 e. The summed E-state index contributed by atoms with van der Waals surface area (Å²) in [4.78, 5) is 37.9. The number of urea groups is 1. The molecule has 1 heterocycles. The van der Waals surface area contributed by atoms with Gasteiger partial charge in [-0.05, 0) is 43.5 Å². The summed E-state index contributed by atoms with van der Waals surface area (Å²) in [5, 5.41) is 8.15. The fourth-order valence-electron chi connectivity index (χ4n) is 2.90. The van der Waals surface area contributed by atoms with Crippen molar-refractivity contribution in [3.05, 3.63) is 36.9 Å². The van der Waals surface area contributed by atoms with E-state index in [2.05, 4.69) is 22.5 Å². The average Bonchev–Trinajstić information content (AvgIpc) is 3.12. The summed E-state index contributed by atoms with van der Waals surface area (Å²) in [7, 11) is 0. The van der Waals surface area contributed by atoms with Crippen LogP contribution in [0.2, 0.25) is 0 Å². The van der Waals surface area contributed by atoms with E-state index in [9.17, 15) is 14.4 Å². The van der Waals surface area contributed by atoms with E-state index in [-0.39, 0.29) is 17.8 Å². The molecule has 1 aromatic rings. The zero-order chi connectivity index (χ0) is 18.9. The van der Waals surface area contributed by atoms with Crippen molar-refractivity contribution in [1.29, 1.82) is 0 Å². The fraction of sp³-hybridized carbons (Fsp3) is 0.421. The third-order valence-electron chi connectivity index (χ3n) is 4.16. The highest BCUT2D eigenvalue weighted by molar-refractivity contribution is 5.98. The van der Waals surface area contributed by atoms with Gasteiger partial charge in [0.05, 0.1) is 0 Å². The van der Waals surface area contributed by atoms with Crippen molar-refractivity contribution in [1.82, 2.24) is 10.2 Å². The Kier molecular flexibility index (Phi) is 7.20. The third-order valence-corrected chi connectivity index (χ3v) is 4.16. The van der Waals surface area contributed by atoms with Crippen LogP contribution in [-0.4, -0.2) is 41.9 Å². The van der Waals surface area contributed by atoms with Gasteiger partial charge in [-0.15, -0.1) is 6.58 Å². The SMILES string of the molecule is C=CCNC(=O)Nc1ccc(NC(=O)[C@@H]2CCCN2C(=O)CCC)cc1. The Morgan fingerprint density at radius 3 is 2.46 bits per heavy atom. The molecule has 4 amide bonds. The van der Waals surface area contributed by atoms with E-state index in [0.29, 0.717) is 37.3 Å². The molecule has 0 bridgehead atoms. The topological polar surface area (TPSA) is 90.5 Å². The second-order valence-electron chi connectivity index (χ2n) is 6.19. The molecule has 0 aromatic heterocycles. The van der Waals surface area contributed by atoms with Crippen molar-refractivity contribution in [3.63, 3.8) is 0 Å². The van der Waals surface area contributed by atoms with Gasteiger partial charge in [-0.3, -0.25) is 9.59 Å². The zero-order valence-corrected chi connectivity index (χ0v) is 15.1. The molecule has 7 nitrogen and oxygen atoms in total. The maximum Gasteiger partial charge on any atom is 0.319 e. The lowest BCUT2D eigenvalue weighted by molar-refractivity contribution is -0.136. The molecule has 1 saturated heterocycles. The van der Waals surface area contributed by atoms with Crippen LogP contribution in [0.4, 0.5) is 16.2 Å². The normalized spacial score (nSPS) is 16.0. The number of likely N-dealkylation sites (tertiary alicyclic amines) is 1. The van der Waals surface area contributed by atoms with Gasteiger partial charge < -0.3 is 20.9 Å². The Labute approximate surface area is 153 Å². The van der Waals surface area contributed by atoms with E-state index < -0.39 is 6.04 Å². The predicted molar refractivity (Wildman–Crippen MR) is 102 cm³/mol. The van der Waals surface area contributed by atoms with E-state index in [0.717, 1.165) is 12.8 Å². The number of rotatable bonds is 7. The minimum absolute atomic E-state index is 0.0373. The van der Waals surface area contributed by atoms with Crippen LogP contribution in [0.15, 0.2) is 36.9 Å². The zero-order valence-electron chi connectivity index (χ0n) is 15.1. The Morgan fingerprint density at radius 2 is 1.85 bits per heavy atom. The standard InChI is InChI=1S/C19H26N4O3/c1-3-6-17(24)23-13-5-7-16(23)18(25)21-14-8-10-15(11-9-14)22-19(26)20-12-4-2/h4,8-11,16H,2-3,5-7,12-13H2,1H3,(H,21,25)(H2,20,22,26)/t16-/m0/s1.